The van der Waals surface area contributed by atoms with Gasteiger partial charge in [-0.25, -0.2) is 9.86 Å². The SMILES string of the molecule is CON(C)C(=O)C1CCN(c2ccc(N=Cc3c(O)[nH]c(=O)c4ccc(I)cc34)cc2)CC1.O=C(O)C(F)(F)F. The van der Waals surface area contributed by atoms with Gasteiger partial charge in [0.2, 0.25) is 11.8 Å². The van der Waals surface area contributed by atoms with Gasteiger partial charge in [0.1, 0.15) is 0 Å². The number of piperidine rings is 1. The summed E-state index contributed by atoms with van der Waals surface area (Å²) in [5.41, 5.74) is 1.95. The normalized spacial score (nSPS) is 14.2. The number of carboxylic acid groups (broad SMARTS) is 1. The van der Waals surface area contributed by atoms with Crippen molar-refractivity contribution < 1.29 is 37.8 Å². The minimum atomic E-state index is -5.08. The van der Waals surface area contributed by atoms with Crippen LogP contribution in [0, 0.1) is 9.49 Å². The highest BCUT2D eigenvalue weighted by Crippen LogP contribution is 2.27. The molecule has 4 rings (SSSR count). The highest BCUT2D eigenvalue weighted by Gasteiger charge is 2.38. The summed E-state index contributed by atoms with van der Waals surface area (Å²) in [5, 5.41) is 19.9. The van der Waals surface area contributed by atoms with Crippen molar-refractivity contribution >= 4 is 62.8 Å². The Morgan fingerprint density at radius 3 is 2.30 bits per heavy atom. The van der Waals surface area contributed by atoms with E-state index in [9.17, 15) is 27.9 Å². The van der Waals surface area contributed by atoms with Crippen LogP contribution in [0.2, 0.25) is 0 Å². The van der Waals surface area contributed by atoms with Crippen LogP contribution in [0.5, 0.6) is 5.88 Å². The van der Waals surface area contributed by atoms with Crippen molar-refractivity contribution in [3.63, 3.8) is 0 Å². The lowest BCUT2D eigenvalue weighted by atomic mass is 9.95. The minimum Gasteiger partial charge on any atom is -0.494 e. The number of aliphatic carboxylic acids is 1. The van der Waals surface area contributed by atoms with E-state index in [0.29, 0.717) is 16.3 Å². The monoisotopic (exact) mass is 674 g/mol. The molecule has 2 aromatic carbocycles. The fourth-order valence-electron chi connectivity index (χ4n) is 4.06. The van der Waals surface area contributed by atoms with Crippen molar-refractivity contribution in [2.24, 2.45) is 10.9 Å². The van der Waals surface area contributed by atoms with Gasteiger partial charge in [-0.1, -0.05) is 0 Å². The van der Waals surface area contributed by atoms with Crippen LogP contribution in [-0.4, -0.2) is 71.8 Å². The smallest absolute Gasteiger partial charge is 0.490 e. The van der Waals surface area contributed by atoms with E-state index in [1.807, 2.05) is 36.4 Å². The number of anilines is 1. The summed E-state index contributed by atoms with van der Waals surface area (Å²) in [4.78, 5) is 47.6. The number of aromatic nitrogens is 1. The van der Waals surface area contributed by atoms with E-state index in [0.717, 1.165) is 40.9 Å². The number of alkyl halides is 3. The number of benzene rings is 2. The Bertz CT molecular complexity index is 1450. The van der Waals surface area contributed by atoms with E-state index >= 15 is 0 Å². The number of fused-ring (bicyclic) bond motifs is 1. The topological polar surface area (TPSA) is 136 Å². The molecule has 1 aliphatic heterocycles. The second kappa shape index (κ2) is 13.1. The molecule has 0 unspecified atom stereocenters. The molecule has 0 bridgehead atoms. The van der Waals surface area contributed by atoms with E-state index in [-0.39, 0.29) is 23.3 Å². The van der Waals surface area contributed by atoms with Crippen LogP contribution in [0.1, 0.15) is 18.4 Å². The Morgan fingerprint density at radius 1 is 1.15 bits per heavy atom. The molecule has 10 nitrogen and oxygen atoms in total. The second-order valence-corrected chi connectivity index (χ2v) is 10.0. The number of carbonyl (C=O) groups is 2. The number of amides is 1. The highest BCUT2D eigenvalue weighted by atomic mass is 127. The zero-order valence-corrected chi connectivity index (χ0v) is 23.6. The van der Waals surface area contributed by atoms with Gasteiger partial charge < -0.3 is 15.1 Å². The van der Waals surface area contributed by atoms with Crippen LogP contribution in [0.15, 0.2) is 52.3 Å². The van der Waals surface area contributed by atoms with Crippen LogP contribution in [0.4, 0.5) is 24.5 Å². The Hall–Kier alpha value is -3.66. The summed E-state index contributed by atoms with van der Waals surface area (Å²) in [5.74, 6) is -2.95. The summed E-state index contributed by atoms with van der Waals surface area (Å²) in [6.07, 6.45) is -1.95. The van der Waals surface area contributed by atoms with Gasteiger partial charge >= 0.3 is 12.1 Å². The lowest BCUT2D eigenvalue weighted by Gasteiger charge is -2.34. The molecular formula is C26H26F3IN4O6. The maximum absolute atomic E-state index is 12.3. The van der Waals surface area contributed by atoms with Gasteiger partial charge in [0.25, 0.3) is 5.56 Å². The molecule has 40 heavy (non-hydrogen) atoms. The number of nitrogens with one attached hydrogen (secondary N) is 1. The number of rotatable bonds is 5. The number of carboxylic acids is 1. The van der Waals surface area contributed by atoms with Crippen molar-refractivity contribution in [2.75, 3.05) is 32.1 Å². The molecule has 0 spiro atoms. The second-order valence-electron chi connectivity index (χ2n) is 8.76. The molecule has 14 heteroatoms. The molecule has 1 aliphatic rings. The Kier molecular flexibility index (Phi) is 10.1. The van der Waals surface area contributed by atoms with Crippen LogP contribution in [0.25, 0.3) is 10.8 Å². The maximum atomic E-state index is 12.3. The fourth-order valence-corrected chi connectivity index (χ4v) is 4.55. The molecule has 214 valence electrons. The van der Waals surface area contributed by atoms with E-state index in [1.165, 1.54) is 12.2 Å². The number of hydrogen-bond donors (Lipinski definition) is 3. The first kappa shape index (κ1) is 30.9. The fraction of sp³-hybridized carbons (Fsp3) is 0.308. The quantitative estimate of drug-likeness (QED) is 0.207. The number of aromatic amines is 1. The number of H-pyrrole nitrogens is 1. The lowest BCUT2D eigenvalue weighted by molar-refractivity contribution is -0.192. The van der Waals surface area contributed by atoms with Crippen molar-refractivity contribution in [1.29, 1.82) is 0 Å². The number of aromatic hydroxyl groups is 1. The summed E-state index contributed by atoms with van der Waals surface area (Å²) < 4.78 is 32.7. The number of hydroxylamine groups is 2. The van der Waals surface area contributed by atoms with Gasteiger partial charge in [-0.05, 0) is 77.9 Å². The van der Waals surface area contributed by atoms with Crippen LogP contribution in [-0.2, 0) is 14.4 Å². The number of pyridine rings is 1. The largest absolute Gasteiger partial charge is 0.494 e. The van der Waals surface area contributed by atoms with E-state index in [4.69, 9.17) is 14.7 Å². The molecule has 1 saturated heterocycles. The summed E-state index contributed by atoms with van der Waals surface area (Å²) >= 11 is 2.17. The molecule has 1 fully saturated rings. The van der Waals surface area contributed by atoms with Gasteiger partial charge in [0, 0.05) is 52.3 Å². The van der Waals surface area contributed by atoms with Gasteiger partial charge in [-0.3, -0.25) is 24.4 Å². The molecular weight excluding hydrogens is 648 g/mol. The average Bonchev–Trinajstić information content (AvgIpc) is 2.92. The van der Waals surface area contributed by atoms with E-state index < -0.39 is 12.1 Å². The molecule has 2 heterocycles. The first-order valence-corrected chi connectivity index (χ1v) is 12.9. The van der Waals surface area contributed by atoms with Gasteiger partial charge in [-0.15, -0.1) is 0 Å². The number of aliphatic imine (C=N–C) groups is 1. The van der Waals surface area contributed by atoms with Crippen molar-refractivity contribution in [1.82, 2.24) is 10.0 Å². The van der Waals surface area contributed by atoms with Crippen molar-refractivity contribution in [3.8, 4) is 5.88 Å². The number of hydrogen-bond acceptors (Lipinski definition) is 7. The van der Waals surface area contributed by atoms with Gasteiger partial charge in [0.15, 0.2) is 0 Å². The van der Waals surface area contributed by atoms with Gasteiger partial charge in [-0.2, -0.15) is 13.2 Å². The summed E-state index contributed by atoms with van der Waals surface area (Å²) in [6, 6.07) is 13.3. The standard InChI is InChI=1S/C24H25IN4O4.C2HF3O2/c1-28(33-2)24(32)15-9-11-29(12-10-15)18-6-4-17(5-7-18)26-14-21-20-13-16(25)3-8-19(20)22(30)27-23(21)31;3-2(4,5)1(6)7/h3-8,13-15H,9-12H2,1-2H3,(H2,27,30,31);(H,6,7). The summed E-state index contributed by atoms with van der Waals surface area (Å²) in [6.45, 7) is 1.60. The Balaban J connectivity index is 0.000000559. The minimum absolute atomic E-state index is 0.0158. The van der Waals surface area contributed by atoms with Gasteiger partial charge in [0.05, 0.1) is 18.4 Å². The van der Waals surface area contributed by atoms with E-state index in [2.05, 4.69) is 37.5 Å². The number of carbonyl (C=O) groups excluding carboxylic acids is 1. The zero-order chi connectivity index (χ0) is 29.6. The molecule has 3 N–H and O–H groups in total. The van der Waals surface area contributed by atoms with Crippen LogP contribution >= 0.6 is 22.6 Å². The van der Waals surface area contributed by atoms with Crippen molar-refractivity contribution in [2.45, 2.75) is 19.0 Å². The molecule has 0 saturated carbocycles. The molecule has 1 aromatic heterocycles. The molecule has 1 amide bonds. The van der Waals surface area contributed by atoms with Crippen molar-refractivity contribution in [3.05, 3.63) is 62.0 Å². The molecule has 0 aliphatic carbocycles. The first-order valence-electron chi connectivity index (χ1n) is 11.9. The molecule has 3 aromatic rings. The van der Waals surface area contributed by atoms with Crippen LogP contribution < -0.4 is 10.5 Å². The third-order valence-corrected chi connectivity index (χ3v) is 6.90. The Labute approximate surface area is 240 Å². The highest BCUT2D eigenvalue weighted by molar-refractivity contribution is 14.1. The number of nitrogens with zero attached hydrogens (tertiary/aromatic N) is 3. The molecule has 0 radical (unpaired) electrons. The predicted octanol–water partition coefficient (Wildman–Crippen LogP) is 4.46. The van der Waals surface area contributed by atoms with E-state index in [1.54, 1.807) is 19.3 Å². The average molecular weight is 674 g/mol. The lowest BCUT2D eigenvalue weighted by Crippen LogP contribution is -2.40. The predicted molar refractivity (Wildman–Crippen MR) is 151 cm³/mol. The maximum Gasteiger partial charge on any atom is 0.490 e. The van der Waals surface area contributed by atoms with Crippen LogP contribution in [0.3, 0.4) is 0 Å². The zero-order valence-electron chi connectivity index (χ0n) is 21.4. The Morgan fingerprint density at radius 2 is 1.75 bits per heavy atom. The first-order chi connectivity index (χ1) is 18.8. The summed E-state index contributed by atoms with van der Waals surface area (Å²) in [7, 11) is 3.14. The third kappa shape index (κ3) is 7.71. The number of halogens is 4. The molecule has 0 atom stereocenters. The third-order valence-electron chi connectivity index (χ3n) is 6.23.